The van der Waals surface area contributed by atoms with E-state index in [0.717, 1.165) is 15.4 Å². The lowest BCUT2D eigenvalue weighted by atomic mass is 10.1. The van der Waals surface area contributed by atoms with Crippen LogP contribution in [0.5, 0.6) is 0 Å². The Balaban J connectivity index is 1.79. The summed E-state index contributed by atoms with van der Waals surface area (Å²) in [5, 5.41) is 12.8. The number of nitrogens with one attached hydrogen (secondary N) is 1. The number of hydrazone groups is 1. The molecule has 0 heterocycles. The van der Waals surface area contributed by atoms with Gasteiger partial charge in [0, 0.05) is 0 Å². The molecule has 33 heavy (non-hydrogen) atoms. The fourth-order valence-electron chi connectivity index (χ4n) is 2.92. The van der Waals surface area contributed by atoms with E-state index in [1.165, 1.54) is 30.5 Å². The Labute approximate surface area is 192 Å². The van der Waals surface area contributed by atoms with E-state index >= 15 is 0 Å². The van der Waals surface area contributed by atoms with Crippen molar-refractivity contribution >= 4 is 33.8 Å². The smallest absolute Gasteiger partial charge is 0.335 e. The van der Waals surface area contributed by atoms with Gasteiger partial charge in [0.15, 0.2) is 0 Å². The molecule has 8 nitrogen and oxygen atoms in total. The number of anilines is 1. The third-order valence-electron chi connectivity index (χ3n) is 4.78. The molecule has 0 atom stereocenters. The van der Waals surface area contributed by atoms with Crippen LogP contribution in [0.1, 0.15) is 27.0 Å². The van der Waals surface area contributed by atoms with Crippen LogP contribution in [-0.4, -0.2) is 38.2 Å². The number of carboxylic acid groups (broad SMARTS) is 1. The van der Waals surface area contributed by atoms with Crippen molar-refractivity contribution in [1.82, 2.24) is 5.43 Å². The molecular formula is C24H23N3O5S. The lowest BCUT2D eigenvalue weighted by molar-refractivity contribution is -0.119. The van der Waals surface area contributed by atoms with Gasteiger partial charge in [0.05, 0.1) is 22.4 Å². The van der Waals surface area contributed by atoms with Crippen LogP contribution in [0.4, 0.5) is 5.69 Å². The summed E-state index contributed by atoms with van der Waals surface area (Å²) in [6.45, 7) is 3.26. The molecule has 0 saturated heterocycles. The number of aromatic carboxylic acids is 1. The Kier molecular flexibility index (Phi) is 7.24. The maximum Gasteiger partial charge on any atom is 0.335 e. The van der Waals surface area contributed by atoms with Gasteiger partial charge in [0.2, 0.25) is 0 Å². The summed E-state index contributed by atoms with van der Waals surface area (Å²) in [5.41, 5.74) is 5.24. The van der Waals surface area contributed by atoms with Crippen molar-refractivity contribution in [3.05, 3.63) is 95.1 Å². The van der Waals surface area contributed by atoms with Crippen LogP contribution >= 0.6 is 0 Å². The Morgan fingerprint density at radius 2 is 1.45 bits per heavy atom. The zero-order valence-electron chi connectivity index (χ0n) is 18.1. The molecule has 0 aromatic heterocycles. The summed E-state index contributed by atoms with van der Waals surface area (Å²) in [6.07, 6.45) is 1.34. The first-order valence-corrected chi connectivity index (χ1v) is 11.4. The first-order chi connectivity index (χ1) is 15.7. The number of aryl methyl sites for hydroxylation is 2. The number of hydrogen-bond donors (Lipinski definition) is 2. The number of hydrogen-bond acceptors (Lipinski definition) is 5. The third kappa shape index (κ3) is 6.05. The molecule has 0 unspecified atom stereocenters. The van der Waals surface area contributed by atoms with Crippen molar-refractivity contribution in [2.45, 2.75) is 18.7 Å². The second kappa shape index (κ2) is 10.1. The summed E-state index contributed by atoms with van der Waals surface area (Å²) in [4.78, 5) is 23.5. The number of carbonyl (C=O) groups excluding carboxylic acids is 1. The first-order valence-electron chi connectivity index (χ1n) is 9.98. The number of nitrogens with zero attached hydrogens (tertiary/aromatic N) is 2. The predicted molar refractivity (Wildman–Crippen MR) is 126 cm³/mol. The molecule has 0 aliphatic heterocycles. The topological polar surface area (TPSA) is 116 Å². The number of carbonyl (C=O) groups is 2. The van der Waals surface area contributed by atoms with E-state index in [1.54, 1.807) is 48.5 Å². The van der Waals surface area contributed by atoms with Gasteiger partial charge in [-0.25, -0.2) is 18.6 Å². The highest BCUT2D eigenvalue weighted by Crippen LogP contribution is 2.24. The largest absolute Gasteiger partial charge is 0.478 e. The highest BCUT2D eigenvalue weighted by molar-refractivity contribution is 7.92. The third-order valence-corrected chi connectivity index (χ3v) is 6.57. The van der Waals surface area contributed by atoms with Crippen molar-refractivity contribution in [3.63, 3.8) is 0 Å². The van der Waals surface area contributed by atoms with Crippen molar-refractivity contribution in [1.29, 1.82) is 0 Å². The Bertz CT molecular complexity index is 1270. The van der Waals surface area contributed by atoms with Crippen LogP contribution in [0.25, 0.3) is 0 Å². The highest BCUT2D eigenvalue weighted by Gasteiger charge is 2.27. The summed E-state index contributed by atoms with van der Waals surface area (Å²) < 4.78 is 27.6. The normalized spacial score (nSPS) is 11.3. The minimum atomic E-state index is -4.00. The molecule has 0 fully saturated rings. The molecule has 0 aliphatic rings. The molecule has 2 N–H and O–H groups in total. The second-order valence-electron chi connectivity index (χ2n) is 7.38. The van der Waals surface area contributed by atoms with E-state index in [1.807, 2.05) is 13.8 Å². The van der Waals surface area contributed by atoms with E-state index in [-0.39, 0.29) is 10.5 Å². The second-order valence-corrected chi connectivity index (χ2v) is 9.24. The Morgan fingerprint density at radius 3 is 2.00 bits per heavy atom. The van der Waals surface area contributed by atoms with Crippen molar-refractivity contribution < 1.29 is 23.1 Å². The van der Waals surface area contributed by atoms with E-state index in [2.05, 4.69) is 10.5 Å². The van der Waals surface area contributed by atoms with Crippen LogP contribution in [0.3, 0.4) is 0 Å². The van der Waals surface area contributed by atoms with Gasteiger partial charge in [-0.15, -0.1) is 0 Å². The molecule has 9 heteroatoms. The molecule has 0 aliphatic carbocycles. The molecule has 0 spiro atoms. The van der Waals surface area contributed by atoms with Crippen molar-refractivity contribution in [2.75, 3.05) is 10.8 Å². The SMILES string of the molecule is Cc1ccc(N(CC(=O)N/N=C\c2ccc(C(=O)O)cc2)S(=O)(=O)c2ccc(C)cc2)cc1. The minimum absolute atomic E-state index is 0.0727. The van der Waals surface area contributed by atoms with E-state index in [4.69, 9.17) is 5.11 Å². The quantitative estimate of drug-likeness (QED) is 0.391. The number of carboxylic acids is 1. The van der Waals surface area contributed by atoms with Gasteiger partial charge in [-0.3, -0.25) is 9.10 Å². The Hall–Kier alpha value is -3.98. The van der Waals surface area contributed by atoms with Crippen molar-refractivity contribution in [2.24, 2.45) is 5.10 Å². The first kappa shape index (κ1) is 23.7. The summed E-state index contributed by atoms with van der Waals surface area (Å²) in [6, 6.07) is 19.1. The lowest BCUT2D eigenvalue weighted by Crippen LogP contribution is -2.39. The van der Waals surface area contributed by atoms with Gasteiger partial charge in [0.1, 0.15) is 6.54 Å². The number of sulfonamides is 1. The zero-order valence-corrected chi connectivity index (χ0v) is 18.9. The summed E-state index contributed by atoms with van der Waals surface area (Å²) in [7, 11) is -4.00. The van der Waals surface area contributed by atoms with Crippen molar-refractivity contribution in [3.8, 4) is 0 Å². The standard InChI is InChI=1S/C24H23N3O5S/c1-17-3-11-21(12-4-17)27(33(31,32)22-13-5-18(2)6-14-22)16-23(28)26-25-15-19-7-9-20(10-8-19)24(29)30/h3-15H,16H2,1-2H3,(H,26,28)(H,29,30)/b25-15-. The fraction of sp³-hybridized carbons (Fsp3) is 0.125. The molecular weight excluding hydrogens is 442 g/mol. The average Bonchev–Trinajstić information content (AvgIpc) is 2.79. The van der Waals surface area contributed by atoms with E-state index in [0.29, 0.717) is 11.3 Å². The van der Waals surface area contributed by atoms with Crippen LogP contribution < -0.4 is 9.73 Å². The Morgan fingerprint density at radius 1 is 0.909 bits per heavy atom. The number of amides is 1. The lowest BCUT2D eigenvalue weighted by Gasteiger charge is -2.24. The molecule has 0 bridgehead atoms. The average molecular weight is 466 g/mol. The molecule has 1 amide bonds. The highest BCUT2D eigenvalue weighted by atomic mass is 32.2. The monoisotopic (exact) mass is 465 g/mol. The molecule has 3 aromatic carbocycles. The summed E-state index contributed by atoms with van der Waals surface area (Å²) >= 11 is 0. The van der Waals surface area contributed by atoms with Gasteiger partial charge in [-0.1, -0.05) is 47.5 Å². The van der Waals surface area contributed by atoms with Gasteiger partial charge in [-0.2, -0.15) is 5.10 Å². The van der Waals surface area contributed by atoms with E-state index < -0.39 is 28.4 Å². The molecule has 3 rings (SSSR count). The van der Waals surface area contributed by atoms with Crippen LogP contribution in [0, 0.1) is 13.8 Å². The molecule has 0 saturated carbocycles. The van der Waals surface area contributed by atoms with E-state index in [9.17, 15) is 18.0 Å². The van der Waals surface area contributed by atoms with Gasteiger partial charge in [-0.05, 0) is 55.8 Å². The zero-order chi connectivity index (χ0) is 24.0. The maximum absolute atomic E-state index is 13.3. The summed E-state index contributed by atoms with van der Waals surface area (Å²) in [5.74, 6) is -1.68. The van der Waals surface area contributed by atoms with Crippen LogP contribution in [-0.2, 0) is 14.8 Å². The number of rotatable bonds is 8. The predicted octanol–water partition coefficient (Wildman–Crippen LogP) is 3.35. The molecule has 3 aromatic rings. The fourth-order valence-corrected chi connectivity index (χ4v) is 4.34. The van der Waals surface area contributed by atoms with Crippen LogP contribution in [0.15, 0.2) is 82.8 Å². The minimum Gasteiger partial charge on any atom is -0.478 e. The molecule has 0 radical (unpaired) electrons. The van der Waals surface area contributed by atoms with Crippen LogP contribution in [0.2, 0.25) is 0 Å². The van der Waals surface area contributed by atoms with Gasteiger partial charge < -0.3 is 5.11 Å². The number of benzene rings is 3. The van der Waals surface area contributed by atoms with Gasteiger partial charge in [0.25, 0.3) is 15.9 Å². The molecule has 170 valence electrons. The van der Waals surface area contributed by atoms with Gasteiger partial charge >= 0.3 is 5.97 Å². The maximum atomic E-state index is 13.3.